The van der Waals surface area contributed by atoms with Gasteiger partial charge in [-0.1, -0.05) is 12.1 Å². The first kappa shape index (κ1) is 29.6. The lowest BCUT2D eigenvalue weighted by atomic mass is 9.97. The van der Waals surface area contributed by atoms with Crippen molar-refractivity contribution in [3.63, 3.8) is 0 Å². The van der Waals surface area contributed by atoms with Gasteiger partial charge in [0.15, 0.2) is 8.80 Å². The van der Waals surface area contributed by atoms with E-state index in [-0.39, 0.29) is 29.9 Å². The second-order valence-corrected chi connectivity index (χ2v) is 12.5. The van der Waals surface area contributed by atoms with Gasteiger partial charge in [-0.15, -0.1) is 11.6 Å². The Morgan fingerprint density at radius 3 is 2.16 bits per heavy atom. The average Bonchev–Trinajstić information content (AvgIpc) is 2.77. The van der Waals surface area contributed by atoms with Gasteiger partial charge in [-0.05, 0) is 62.7 Å². The normalized spacial score (nSPS) is 15.4. The van der Waals surface area contributed by atoms with Crippen molar-refractivity contribution in [1.29, 1.82) is 0 Å². The lowest BCUT2D eigenvalue weighted by molar-refractivity contribution is -0.143. The average molecular weight is 576 g/mol. The van der Waals surface area contributed by atoms with Gasteiger partial charge < -0.3 is 15.0 Å². The summed E-state index contributed by atoms with van der Waals surface area (Å²) in [4.78, 5) is 40.3. The van der Waals surface area contributed by atoms with E-state index in [4.69, 9.17) is 16.3 Å². The Balaban J connectivity index is 1.96. The summed E-state index contributed by atoms with van der Waals surface area (Å²) < 4.78 is 72.1. The summed E-state index contributed by atoms with van der Waals surface area (Å²) in [6.07, 6.45) is -4.57. The van der Waals surface area contributed by atoms with Crippen molar-refractivity contribution in [2.75, 3.05) is 11.2 Å². The third-order valence-electron chi connectivity index (χ3n) is 5.86. The molecular formula is C25H25ClF5N2O4Si. The molecule has 13 heteroatoms. The minimum absolute atomic E-state index is 0.107. The zero-order valence-electron chi connectivity index (χ0n) is 20.7. The molecule has 1 aliphatic heterocycles. The van der Waals surface area contributed by atoms with Crippen LogP contribution in [0.15, 0.2) is 42.5 Å². The van der Waals surface area contributed by atoms with Gasteiger partial charge in [0.05, 0.1) is 11.3 Å². The van der Waals surface area contributed by atoms with E-state index in [1.165, 1.54) is 12.1 Å². The fourth-order valence-corrected chi connectivity index (χ4v) is 6.88. The fourth-order valence-electron chi connectivity index (χ4n) is 3.98. The van der Waals surface area contributed by atoms with E-state index in [1.807, 2.05) is 0 Å². The van der Waals surface area contributed by atoms with E-state index >= 15 is 0 Å². The molecule has 1 aliphatic rings. The number of alkyl halides is 4. The van der Waals surface area contributed by atoms with Crippen LogP contribution in [0.25, 0.3) is 0 Å². The van der Waals surface area contributed by atoms with Crippen LogP contribution in [0, 0.1) is 11.6 Å². The number of nitrogens with zero attached hydrogens (tertiary/aromatic N) is 1. The Hall–Kier alpha value is -2.99. The maximum absolute atomic E-state index is 14.3. The lowest BCUT2D eigenvalue weighted by Gasteiger charge is -2.51. The number of hydrogen-bond donors (Lipinski definition) is 1. The highest BCUT2D eigenvalue weighted by molar-refractivity contribution is 6.92. The SMILES string of the molecule is CC(C)(C)OC(=O)[Si]1CC(C(=O)Nc2ccc(F)cc2F)(N(Cc2ccc(C(F)(F)F)cc2)C(=O)CCl)C1. The van der Waals surface area contributed by atoms with Gasteiger partial charge >= 0.3 is 6.18 Å². The van der Waals surface area contributed by atoms with Crippen LogP contribution in [-0.2, 0) is 27.0 Å². The molecule has 0 atom stereocenters. The van der Waals surface area contributed by atoms with Crippen LogP contribution in [0.4, 0.5) is 32.4 Å². The molecule has 1 heterocycles. The van der Waals surface area contributed by atoms with Crippen molar-refractivity contribution in [3.05, 3.63) is 65.2 Å². The molecule has 1 N–H and O–H groups in total. The number of carbonyl (C=O) groups is 3. The van der Waals surface area contributed by atoms with Gasteiger partial charge in [0, 0.05) is 12.6 Å². The molecule has 3 rings (SSSR count). The summed E-state index contributed by atoms with van der Waals surface area (Å²) in [6.45, 7) is 4.73. The number of nitrogens with one attached hydrogen (secondary N) is 1. The first-order valence-corrected chi connectivity index (χ1v) is 13.9. The van der Waals surface area contributed by atoms with Gasteiger partial charge in [-0.3, -0.25) is 14.4 Å². The largest absolute Gasteiger partial charge is 0.465 e. The zero-order chi connectivity index (χ0) is 28.5. The monoisotopic (exact) mass is 575 g/mol. The molecule has 0 spiro atoms. The van der Waals surface area contributed by atoms with Crippen LogP contribution in [0.3, 0.4) is 0 Å². The topological polar surface area (TPSA) is 75.7 Å². The van der Waals surface area contributed by atoms with Gasteiger partial charge in [-0.25, -0.2) is 8.78 Å². The molecule has 38 heavy (non-hydrogen) atoms. The van der Waals surface area contributed by atoms with Crippen molar-refractivity contribution < 1.29 is 41.1 Å². The van der Waals surface area contributed by atoms with Crippen LogP contribution >= 0.6 is 11.6 Å². The molecule has 2 aromatic rings. The smallest absolute Gasteiger partial charge is 0.416 e. The molecule has 0 aliphatic carbocycles. The van der Waals surface area contributed by atoms with Crippen LogP contribution in [0.5, 0.6) is 0 Å². The standard InChI is InChI=1S/C25H25ClF5N2O4Si/c1-23(2,3)37-22(36)38-13-24(14-38,21(35)32-19-9-8-17(27)10-18(19)28)33(20(34)11-26)12-15-4-6-16(7-5-15)25(29,30)31/h4-10H,11-14H2,1-3H3,(H,32,35). The molecule has 0 bridgehead atoms. The van der Waals surface area contributed by atoms with E-state index in [0.29, 0.717) is 6.07 Å². The van der Waals surface area contributed by atoms with E-state index in [9.17, 15) is 36.3 Å². The predicted molar refractivity (Wildman–Crippen MR) is 132 cm³/mol. The Bertz CT molecular complexity index is 1210. The molecule has 2 aromatic carbocycles. The van der Waals surface area contributed by atoms with Gasteiger partial charge in [-0.2, -0.15) is 13.2 Å². The Morgan fingerprint density at radius 2 is 1.66 bits per heavy atom. The maximum atomic E-state index is 14.3. The number of anilines is 1. The first-order chi connectivity index (χ1) is 17.6. The number of benzene rings is 2. The summed E-state index contributed by atoms with van der Waals surface area (Å²) in [5.41, 5.74) is -3.93. The third-order valence-corrected chi connectivity index (χ3v) is 8.79. The second kappa shape index (κ2) is 11.0. The number of amides is 2. The number of hydrogen-bond acceptors (Lipinski definition) is 4. The van der Waals surface area contributed by atoms with Crippen molar-refractivity contribution >= 4 is 43.5 Å². The lowest BCUT2D eigenvalue weighted by Crippen LogP contribution is -2.69. The highest BCUT2D eigenvalue weighted by Gasteiger charge is 2.60. The number of halogens is 6. The molecule has 205 valence electrons. The highest BCUT2D eigenvalue weighted by atomic mass is 35.5. The Morgan fingerprint density at radius 1 is 1.05 bits per heavy atom. The minimum Gasteiger partial charge on any atom is -0.465 e. The predicted octanol–water partition coefficient (Wildman–Crippen LogP) is 5.95. The van der Waals surface area contributed by atoms with Crippen LogP contribution in [0.2, 0.25) is 12.1 Å². The van der Waals surface area contributed by atoms with Crippen LogP contribution in [0.1, 0.15) is 31.9 Å². The van der Waals surface area contributed by atoms with Crippen molar-refractivity contribution in [2.24, 2.45) is 0 Å². The molecule has 0 unspecified atom stereocenters. The second-order valence-electron chi connectivity index (χ2n) is 9.88. The molecule has 2 amide bonds. The Kier molecular flexibility index (Phi) is 8.57. The van der Waals surface area contributed by atoms with E-state index < -0.39 is 66.6 Å². The summed E-state index contributed by atoms with van der Waals surface area (Å²) in [5.74, 6) is -4.04. The van der Waals surface area contributed by atoms with Gasteiger partial charge in [0.1, 0.15) is 28.7 Å². The fraction of sp³-hybridized carbons (Fsp3) is 0.400. The summed E-state index contributed by atoms with van der Waals surface area (Å²) in [7, 11) is -1.98. The van der Waals surface area contributed by atoms with Crippen molar-refractivity contribution in [3.8, 4) is 0 Å². The van der Waals surface area contributed by atoms with E-state index in [2.05, 4.69) is 5.32 Å². The van der Waals surface area contributed by atoms with E-state index in [0.717, 1.165) is 29.2 Å². The number of rotatable bonds is 7. The van der Waals surface area contributed by atoms with Crippen LogP contribution < -0.4 is 5.32 Å². The van der Waals surface area contributed by atoms with Gasteiger partial charge in [0.25, 0.3) is 5.59 Å². The van der Waals surface area contributed by atoms with Gasteiger partial charge in [0.2, 0.25) is 11.8 Å². The molecule has 1 saturated heterocycles. The molecule has 1 radical (unpaired) electrons. The molecule has 0 aromatic heterocycles. The summed E-state index contributed by atoms with van der Waals surface area (Å²) in [6, 6.07) is 6.33. The molecular weight excluding hydrogens is 551 g/mol. The molecule has 0 saturated carbocycles. The van der Waals surface area contributed by atoms with Crippen LogP contribution in [-0.4, -0.2) is 48.1 Å². The quantitative estimate of drug-likeness (QED) is 0.251. The minimum atomic E-state index is -4.57. The summed E-state index contributed by atoms with van der Waals surface area (Å²) >= 11 is 5.82. The van der Waals surface area contributed by atoms with Crippen molar-refractivity contribution in [2.45, 2.75) is 56.7 Å². The highest BCUT2D eigenvalue weighted by Crippen LogP contribution is 2.43. The Labute approximate surface area is 222 Å². The third kappa shape index (κ3) is 6.71. The zero-order valence-corrected chi connectivity index (χ0v) is 22.5. The number of carbonyl (C=O) groups excluding carboxylic acids is 3. The maximum Gasteiger partial charge on any atom is 0.416 e. The van der Waals surface area contributed by atoms with Crippen molar-refractivity contribution in [1.82, 2.24) is 4.90 Å². The molecule has 6 nitrogen and oxygen atoms in total. The first-order valence-electron chi connectivity index (χ1n) is 11.4. The van der Waals surface area contributed by atoms with E-state index in [1.54, 1.807) is 20.8 Å². The molecule has 1 fully saturated rings. The number of ether oxygens (including phenoxy) is 1. The summed E-state index contributed by atoms with van der Waals surface area (Å²) in [5, 5.41) is 2.36.